The van der Waals surface area contributed by atoms with Gasteiger partial charge >= 0.3 is 0 Å². The second-order valence-electron chi connectivity index (χ2n) is 5.07. The van der Waals surface area contributed by atoms with Gasteiger partial charge in [0.05, 0.1) is 21.0 Å². The second-order valence-corrected chi connectivity index (χ2v) is 5.47. The lowest BCUT2D eigenvalue weighted by atomic mass is 9.85. The first kappa shape index (κ1) is 14.7. The summed E-state index contributed by atoms with van der Waals surface area (Å²) in [6.45, 7) is 0.269. The molecule has 0 aliphatic heterocycles. The van der Waals surface area contributed by atoms with E-state index in [2.05, 4.69) is 5.32 Å². The van der Waals surface area contributed by atoms with E-state index >= 15 is 0 Å². The third-order valence-corrected chi connectivity index (χ3v) is 4.17. The molecule has 1 amide bonds. The van der Waals surface area contributed by atoms with E-state index in [0.717, 1.165) is 25.7 Å². The fourth-order valence-electron chi connectivity index (χ4n) is 2.55. The Labute approximate surface area is 121 Å². The molecule has 108 valence electrons. The first-order valence-electron chi connectivity index (χ1n) is 6.44. The van der Waals surface area contributed by atoms with Crippen molar-refractivity contribution >= 4 is 28.9 Å². The van der Waals surface area contributed by atoms with Crippen molar-refractivity contribution in [1.82, 2.24) is 0 Å². The summed E-state index contributed by atoms with van der Waals surface area (Å²) in [5.41, 5.74) is 5.30. The number of hydrogen-bond acceptors (Lipinski definition) is 4. The molecule has 0 saturated heterocycles. The van der Waals surface area contributed by atoms with Gasteiger partial charge in [0.25, 0.3) is 5.69 Å². The van der Waals surface area contributed by atoms with Crippen molar-refractivity contribution in [2.75, 3.05) is 11.9 Å². The van der Waals surface area contributed by atoms with Crippen LogP contribution in [0.2, 0.25) is 5.02 Å². The number of nitro benzene ring substituents is 1. The van der Waals surface area contributed by atoms with Crippen LogP contribution in [0.4, 0.5) is 11.4 Å². The number of carbonyl (C=O) groups excluding carboxylic acids is 1. The van der Waals surface area contributed by atoms with E-state index in [1.165, 1.54) is 18.2 Å². The summed E-state index contributed by atoms with van der Waals surface area (Å²) < 4.78 is 0. The van der Waals surface area contributed by atoms with Crippen molar-refractivity contribution in [3.63, 3.8) is 0 Å². The molecule has 0 atom stereocenters. The van der Waals surface area contributed by atoms with Crippen molar-refractivity contribution in [2.45, 2.75) is 25.7 Å². The molecule has 6 nitrogen and oxygen atoms in total. The van der Waals surface area contributed by atoms with Gasteiger partial charge in [-0.2, -0.15) is 0 Å². The van der Waals surface area contributed by atoms with Gasteiger partial charge in [0.15, 0.2) is 0 Å². The summed E-state index contributed by atoms with van der Waals surface area (Å²) in [5.74, 6) is -0.208. The number of amides is 1. The minimum Gasteiger partial charge on any atom is -0.329 e. The molecule has 0 unspecified atom stereocenters. The minimum atomic E-state index is -0.575. The number of hydrogen-bond donors (Lipinski definition) is 2. The average molecular weight is 298 g/mol. The standard InChI is InChI=1S/C13H16ClN3O3/c14-10-4-3-9(17(19)20)7-11(10)16-12(18)13(8-15)5-1-2-6-13/h3-4,7H,1-2,5-6,8,15H2,(H,16,18). The minimum absolute atomic E-state index is 0.113. The Morgan fingerprint density at radius 1 is 1.45 bits per heavy atom. The molecule has 2 rings (SSSR count). The quantitative estimate of drug-likeness (QED) is 0.659. The molecule has 20 heavy (non-hydrogen) atoms. The summed E-state index contributed by atoms with van der Waals surface area (Å²) in [7, 11) is 0. The summed E-state index contributed by atoms with van der Waals surface area (Å²) in [5, 5.41) is 13.7. The van der Waals surface area contributed by atoms with Gasteiger partial charge in [-0.3, -0.25) is 14.9 Å². The largest absolute Gasteiger partial charge is 0.329 e. The molecule has 1 fully saturated rings. The molecule has 7 heteroatoms. The van der Waals surface area contributed by atoms with E-state index in [1.807, 2.05) is 0 Å². The SMILES string of the molecule is NCC1(C(=O)Nc2cc([N+](=O)[O-])ccc2Cl)CCCC1. The highest BCUT2D eigenvalue weighted by Crippen LogP contribution is 2.39. The van der Waals surface area contributed by atoms with Gasteiger partial charge in [-0.25, -0.2) is 0 Å². The third kappa shape index (κ3) is 2.76. The van der Waals surface area contributed by atoms with Crippen molar-refractivity contribution in [3.8, 4) is 0 Å². The highest BCUT2D eigenvalue weighted by molar-refractivity contribution is 6.33. The van der Waals surface area contributed by atoms with E-state index in [1.54, 1.807) is 0 Å². The molecule has 1 saturated carbocycles. The Balaban J connectivity index is 2.23. The van der Waals surface area contributed by atoms with Crippen LogP contribution in [-0.2, 0) is 4.79 Å². The number of nitrogens with zero attached hydrogens (tertiary/aromatic N) is 1. The van der Waals surface area contributed by atoms with Gasteiger partial charge in [0, 0.05) is 18.7 Å². The topological polar surface area (TPSA) is 98.3 Å². The third-order valence-electron chi connectivity index (χ3n) is 3.84. The lowest BCUT2D eigenvalue weighted by Gasteiger charge is -2.25. The van der Waals surface area contributed by atoms with Crippen LogP contribution in [0.5, 0.6) is 0 Å². The Hall–Kier alpha value is -1.66. The summed E-state index contributed by atoms with van der Waals surface area (Å²) >= 11 is 5.97. The van der Waals surface area contributed by atoms with Crippen molar-refractivity contribution in [3.05, 3.63) is 33.3 Å². The fourth-order valence-corrected chi connectivity index (χ4v) is 2.72. The van der Waals surface area contributed by atoms with Crippen LogP contribution >= 0.6 is 11.6 Å². The van der Waals surface area contributed by atoms with Gasteiger partial charge in [0.1, 0.15) is 0 Å². The zero-order valence-electron chi connectivity index (χ0n) is 10.9. The lowest BCUT2D eigenvalue weighted by Crippen LogP contribution is -2.40. The normalized spacial score (nSPS) is 16.9. The summed E-state index contributed by atoms with van der Waals surface area (Å²) in [6.07, 6.45) is 3.41. The molecule has 1 aromatic carbocycles. The van der Waals surface area contributed by atoms with Gasteiger partial charge in [-0.15, -0.1) is 0 Å². The van der Waals surface area contributed by atoms with Crippen LogP contribution in [0.1, 0.15) is 25.7 Å². The zero-order valence-corrected chi connectivity index (χ0v) is 11.7. The predicted octanol–water partition coefficient (Wildman–Crippen LogP) is 2.71. The fraction of sp³-hybridized carbons (Fsp3) is 0.462. The molecule has 1 aromatic rings. The molecular weight excluding hydrogens is 282 g/mol. The van der Waals surface area contributed by atoms with E-state index in [4.69, 9.17) is 17.3 Å². The highest BCUT2D eigenvalue weighted by atomic mass is 35.5. The Bertz CT molecular complexity index is 542. The van der Waals surface area contributed by atoms with Gasteiger partial charge in [-0.1, -0.05) is 24.4 Å². The number of halogens is 1. The smallest absolute Gasteiger partial charge is 0.271 e. The van der Waals surface area contributed by atoms with E-state index < -0.39 is 10.3 Å². The molecular formula is C13H16ClN3O3. The van der Waals surface area contributed by atoms with E-state index in [9.17, 15) is 14.9 Å². The Morgan fingerprint density at radius 2 is 2.10 bits per heavy atom. The van der Waals surface area contributed by atoms with Crippen molar-refractivity contribution in [2.24, 2.45) is 11.1 Å². The monoisotopic (exact) mass is 297 g/mol. The van der Waals surface area contributed by atoms with Crippen LogP contribution < -0.4 is 11.1 Å². The maximum Gasteiger partial charge on any atom is 0.271 e. The van der Waals surface area contributed by atoms with Crippen LogP contribution in [0.25, 0.3) is 0 Å². The highest BCUT2D eigenvalue weighted by Gasteiger charge is 2.40. The molecule has 0 heterocycles. The van der Waals surface area contributed by atoms with Gasteiger partial charge < -0.3 is 11.1 Å². The first-order chi connectivity index (χ1) is 9.48. The molecule has 0 spiro atoms. The molecule has 3 N–H and O–H groups in total. The number of benzene rings is 1. The molecule has 1 aliphatic carbocycles. The predicted molar refractivity (Wildman–Crippen MR) is 76.7 cm³/mol. The van der Waals surface area contributed by atoms with Gasteiger partial charge in [0.2, 0.25) is 5.91 Å². The maximum atomic E-state index is 12.4. The van der Waals surface area contributed by atoms with Crippen molar-refractivity contribution < 1.29 is 9.72 Å². The molecule has 1 aliphatic rings. The Morgan fingerprint density at radius 3 is 2.65 bits per heavy atom. The number of nitrogens with one attached hydrogen (secondary N) is 1. The van der Waals surface area contributed by atoms with E-state index in [-0.39, 0.29) is 28.8 Å². The maximum absolute atomic E-state index is 12.4. The molecule has 0 bridgehead atoms. The summed E-state index contributed by atoms with van der Waals surface area (Å²) in [6, 6.07) is 3.96. The molecule has 0 radical (unpaired) electrons. The van der Waals surface area contributed by atoms with Crippen molar-refractivity contribution in [1.29, 1.82) is 0 Å². The van der Waals surface area contributed by atoms with Crippen LogP contribution in [0.15, 0.2) is 18.2 Å². The number of rotatable bonds is 4. The number of anilines is 1. The lowest BCUT2D eigenvalue weighted by molar-refractivity contribution is -0.384. The number of non-ortho nitro benzene ring substituents is 1. The van der Waals surface area contributed by atoms with Crippen LogP contribution in [0.3, 0.4) is 0 Å². The number of nitro groups is 1. The Kier molecular flexibility index (Phi) is 4.25. The van der Waals surface area contributed by atoms with E-state index in [0.29, 0.717) is 0 Å². The molecule has 0 aromatic heterocycles. The number of carbonyl (C=O) groups is 1. The average Bonchev–Trinajstić information content (AvgIpc) is 2.91. The second kappa shape index (κ2) is 5.76. The first-order valence-corrected chi connectivity index (χ1v) is 6.82. The van der Waals surface area contributed by atoms with Crippen LogP contribution in [-0.4, -0.2) is 17.4 Å². The number of nitrogens with two attached hydrogens (primary N) is 1. The zero-order chi connectivity index (χ0) is 14.8. The van der Waals surface area contributed by atoms with Crippen LogP contribution in [0, 0.1) is 15.5 Å². The summed E-state index contributed by atoms with van der Waals surface area (Å²) in [4.78, 5) is 22.6. The van der Waals surface area contributed by atoms with Gasteiger partial charge in [-0.05, 0) is 18.9 Å².